The Morgan fingerprint density at radius 2 is 1.63 bits per heavy atom. The van der Waals surface area contributed by atoms with Crippen molar-refractivity contribution in [3.8, 4) is 21.9 Å². The molecule has 1 saturated heterocycles. The smallest absolute Gasteiger partial charge is 0.123 e. The highest BCUT2D eigenvalue weighted by atomic mass is 32.9. The van der Waals surface area contributed by atoms with Crippen LogP contribution in [0, 0.1) is 10.7 Å². The fraction of sp³-hybridized carbons (Fsp3) is 0.348. The van der Waals surface area contributed by atoms with Gasteiger partial charge in [-0.05, 0) is 42.3 Å². The first-order chi connectivity index (χ1) is 14.5. The molecule has 2 heterocycles. The topological polar surface area (TPSA) is 35.9 Å². The molecule has 3 aromatic rings. The van der Waals surface area contributed by atoms with Gasteiger partial charge in [-0.2, -0.15) is 0 Å². The number of rotatable bonds is 6. The van der Waals surface area contributed by atoms with Crippen molar-refractivity contribution in [2.45, 2.75) is 20.0 Å². The lowest BCUT2D eigenvalue weighted by atomic mass is 10.1. The first-order valence-electron chi connectivity index (χ1n) is 10.0. The molecule has 7 heteroatoms. The van der Waals surface area contributed by atoms with E-state index in [-0.39, 0.29) is 0 Å². The van der Waals surface area contributed by atoms with E-state index in [4.69, 9.17) is 17.0 Å². The molecule has 0 bridgehead atoms. The van der Waals surface area contributed by atoms with Crippen LogP contribution in [0.2, 0.25) is 0 Å². The molecule has 1 aliphatic heterocycles. The zero-order chi connectivity index (χ0) is 21.1. The largest absolute Gasteiger partial charge is 0.508 e. The van der Waals surface area contributed by atoms with Crippen LogP contribution in [0.3, 0.4) is 0 Å². The summed E-state index contributed by atoms with van der Waals surface area (Å²) in [4.78, 5) is 6.10. The van der Waals surface area contributed by atoms with E-state index in [0.717, 1.165) is 60.0 Å². The van der Waals surface area contributed by atoms with Crippen LogP contribution in [-0.4, -0.2) is 48.2 Å². The summed E-state index contributed by atoms with van der Waals surface area (Å²) >= 11 is 5.40. The summed E-state index contributed by atoms with van der Waals surface area (Å²) in [5.74, 6) is 1.32. The number of benzene rings is 2. The number of piperazine rings is 1. The quantitative estimate of drug-likeness (QED) is 0.387. The molecule has 0 radical (unpaired) electrons. The van der Waals surface area contributed by atoms with Crippen molar-refractivity contribution < 1.29 is 9.84 Å². The van der Waals surface area contributed by atoms with Crippen LogP contribution in [0.25, 0.3) is 10.4 Å². The second kappa shape index (κ2) is 9.58. The Morgan fingerprint density at radius 3 is 2.27 bits per heavy atom. The Morgan fingerprint density at radius 1 is 0.967 bits per heavy atom. The number of phenolic OH excluding ortho intramolecular Hbond substituents is 1. The molecule has 158 valence electrons. The van der Waals surface area contributed by atoms with Crippen molar-refractivity contribution in [2.24, 2.45) is 0 Å². The van der Waals surface area contributed by atoms with Crippen molar-refractivity contribution in [1.82, 2.24) is 9.80 Å². The Balaban J connectivity index is 1.40. The maximum Gasteiger partial charge on any atom is 0.123 e. The first kappa shape index (κ1) is 21.5. The van der Waals surface area contributed by atoms with Gasteiger partial charge in [0.15, 0.2) is 0 Å². The maximum absolute atomic E-state index is 10.4. The molecule has 0 saturated carbocycles. The Bertz CT molecular complexity index is 1070. The van der Waals surface area contributed by atoms with Gasteiger partial charge in [0.2, 0.25) is 0 Å². The van der Waals surface area contributed by atoms with Gasteiger partial charge >= 0.3 is 0 Å². The van der Waals surface area contributed by atoms with Gasteiger partial charge in [0.05, 0.1) is 12.0 Å². The summed E-state index contributed by atoms with van der Waals surface area (Å²) in [5.41, 5.74) is 4.52. The van der Waals surface area contributed by atoms with Crippen LogP contribution in [0.4, 0.5) is 0 Å². The lowest BCUT2D eigenvalue weighted by Crippen LogP contribution is -2.45. The molecule has 0 aliphatic carbocycles. The number of nitrogens with zero attached hydrogens (tertiary/aromatic N) is 2. The third kappa shape index (κ3) is 4.76. The van der Waals surface area contributed by atoms with Crippen LogP contribution in [0.5, 0.6) is 11.5 Å². The third-order valence-electron chi connectivity index (χ3n) is 5.63. The number of methoxy groups -OCH3 is 1. The fourth-order valence-electron chi connectivity index (χ4n) is 3.84. The number of hydrogen-bond donors (Lipinski definition) is 1. The molecule has 0 atom stereocenters. The molecule has 1 fully saturated rings. The lowest BCUT2D eigenvalue weighted by molar-refractivity contribution is 0.120. The van der Waals surface area contributed by atoms with Crippen molar-refractivity contribution in [3.05, 3.63) is 63.0 Å². The third-order valence-corrected chi connectivity index (χ3v) is 9.01. The molecule has 0 amide bonds. The maximum atomic E-state index is 10.4. The van der Waals surface area contributed by atoms with Crippen molar-refractivity contribution in [1.29, 1.82) is 0 Å². The van der Waals surface area contributed by atoms with Crippen LogP contribution >= 0.6 is 32.9 Å². The minimum atomic E-state index is 0.367. The number of para-hydroxylation sites is 1. The average Bonchev–Trinajstić information content (AvgIpc) is 3.10. The second-order valence-electron chi connectivity index (χ2n) is 7.62. The van der Waals surface area contributed by atoms with Gasteiger partial charge in [-0.25, -0.2) is 0 Å². The molecule has 2 aromatic carbocycles. The summed E-state index contributed by atoms with van der Waals surface area (Å²) in [6.07, 6.45) is 0. The molecule has 0 unspecified atom stereocenters. The summed E-state index contributed by atoms with van der Waals surface area (Å²) in [6, 6.07) is 14.2. The normalized spacial score (nSPS) is 15.4. The highest BCUT2D eigenvalue weighted by Gasteiger charge is 2.19. The number of aromatic hydroxyl groups is 1. The fourth-order valence-corrected chi connectivity index (χ4v) is 6.73. The predicted molar refractivity (Wildman–Crippen MR) is 128 cm³/mol. The second-order valence-corrected chi connectivity index (χ2v) is 10.4. The zero-order valence-corrected chi connectivity index (χ0v) is 19.7. The predicted octanol–water partition coefficient (Wildman–Crippen LogP) is 5.55. The van der Waals surface area contributed by atoms with Gasteiger partial charge in [-0.15, -0.1) is 0 Å². The van der Waals surface area contributed by atoms with E-state index in [1.807, 2.05) is 24.3 Å². The molecule has 0 spiro atoms. The van der Waals surface area contributed by atoms with E-state index >= 15 is 0 Å². The Labute approximate surface area is 190 Å². The SMILES string of the molecule is COc1ccccc1CN1CCN(Cc2cc(-c3ssc(=S)c3C)ccc2O)CC1. The molecule has 30 heavy (non-hydrogen) atoms. The van der Waals surface area contributed by atoms with Gasteiger partial charge < -0.3 is 9.84 Å². The van der Waals surface area contributed by atoms with E-state index in [2.05, 4.69) is 34.9 Å². The molecule has 4 nitrogen and oxygen atoms in total. The highest BCUT2D eigenvalue weighted by Crippen LogP contribution is 2.36. The van der Waals surface area contributed by atoms with Crippen LogP contribution in [-0.2, 0) is 13.1 Å². The zero-order valence-electron chi connectivity index (χ0n) is 17.3. The first-order valence-corrected chi connectivity index (χ1v) is 12.6. The van der Waals surface area contributed by atoms with Crippen molar-refractivity contribution in [2.75, 3.05) is 33.3 Å². The van der Waals surface area contributed by atoms with E-state index in [9.17, 15) is 5.11 Å². The van der Waals surface area contributed by atoms with Crippen LogP contribution in [0.15, 0.2) is 42.5 Å². The summed E-state index contributed by atoms with van der Waals surface area (Å²) in [6.45, 7) is 7.72. The van der Waals surface area contributed by atoms with Crippen LogP contribution < -0.4 is 4.74 Å². The minimum Gasteiger partial charge on any atom is -0.508 e. The molecular weight excluding hydrogens is 432 g/mol. The van der Waals surface area contributed by atoms with Gasteiger partial charge in [-0.1, -0.05) is 51.1 Å². The molecule has 1 aromatic heterocycles. The number of ether oxygens (including phenoxy) is 1. The summed E-state index contributed by atoms with van der Waals surface area (Å²) in [7, 11) is 5.09. The van der Waals surface area contributed by atoms with Gasteiger partial charge in [0.25, 0.3) is 0 Å². The monoisotopic (exact) mass is 458 g/mol. The van der Waals surface area contributed by atoms with Crippen molar-refractivity contribution in [3.63, 3.8) is 0 Å². The Hall–Kier alpha value is -1.77. The number of hydrogen-bond acceptors (Lipinski definition) is 7. The van der Waals surface area contributed by atoms with E-state index in [0.29, 0.717) is 5.75 Å². The lowest BCUT2D eigenvalue weighted by Gasteiger charge is -2.35. The molecular formula is C23H26N2O2S3. The van der Waals surface area contributed by atoms with Gasteiger partial charge in [-0.3, -0.25) is 9.80 Å². The summed E-state index contributed by atoms with van der Waals surface area (Å²) < 4.78 is 6.44. The van der Waals surface area contributed by atoms with E-state index in [1.165, 1.54) is 16.0 Å². The van der Waals surface area contributed by atoms with Gasteiger partial charge in [0, 0.05) is 50.4 Å². The average molecular weight is 459 g/mol. The Kier molecular flexibility index (Phi) is 6.85. The molecule has 1 N–H and O–H groups in total. The van der Waals surface area contributed by atoms with E-state index < -0.39 is 0 Å². The van der Waals surface area contributed by atoms with Crippen LogP contribution in [0.1, 0.15) is 16.7 Å². The summed E-state index contributed by atoms with van der Waals surface area (Å²) in [5, 5.41) is 10.4. The molecule has 1 aliphatic rings. The highest BCUT2D eigenvalue weighted by molar-refractivity contribution is 7.80. The van der Waals surface area contributed by atoms with Crippen molar-refractivity contribution >= 4 is 32.9 Å². The van der Waals surface area contributed by atoms with E-state index in [1.54, 1.807) is 27.8 Å². The van der Waals surface area contributed by atoms with Gasteiger partial charge in [0.1, 0.15) is 15.3 Å². The minimum absolute atomic E-state index is 0.367. The number of phenols is 1. The molecule has 4 rings (SSSR count). The standard InChI is InChI=1S/C23H26N2O2S3/c1-16-22(29-30-23(16)28)17-7-8-20(26)19(13-17)15-25-11-9-24(10-12-25)14-18-5-3-4-6-21(18)27-2/h3-8,13,26H,9-12,14-15H2,1-2H3.